The molecule has 10 heteroatoms. The number of benzene rings is 3. The number of carboxylic acids is 1. The highest BCUT2D eigenvalue weighted by molar-refractivity contribution is 5.87. The highest BCUT2D eigenvalue weighted by atomic mass is 16.5. The second-order valence-electron chi connectivity index (χ2n) is 10.3. The Morgan fingerprint density at radius 2 is 1.65 bits per heavy atom. The standard InChI is InChI=1S/C33H32N2O8/c1-41-21-13-14-22-20(17-31(37)43-29(22)18-21)16-30(36)34-15-7-6-12-28(32(38)39)35-33(40)42-19-27-25-10-4-2-8-23(25)24-9-3-5-11-26(24)27/h2-5,8-11,13-14,17-18,27-28H,6-7,12,15-16,19H2,1H3,(H,34,36)(H,35,40)(H,38,39). The average Bonchev–Trinajstić information content (AvgIpc) is 3.32. The fourth-order valence-corrected chi connectivity index (χ4v) is 5.46. The highest BCUT2D eigenvalue weighted by Crippen LogP contribution is 2.44. The second kappa shape index (κ2) is 13.2. The van der Waals surface area contributed by atoms with Crippen molar-refractivity contribution in [2.45, 2.75) is 37.6 Å². The second-order valence-corrected chi connectivity index (χ2v) is 10.3. The van der Waals surface area contributed by atoms with Crippen LogP contribution in [0.1, 0.15) is 41.9 Å². The van der Waals surface area contributed by atoms with Crippen LogP contribution in [-0.2, 0) is 20.7 Å². The maximum Gasteiger partial charge on any atom is 0.407 e. The molecule has 2 amide bonds. The Kier molecular flexibility index (Phi) is 9.05. The molecule has 3 aromatic carbocycles. The minimum Gasteiger partial charge on any atom is -0.497 e. The number of aliphatic carboxylic acids is 1. The van der Waals surface area contributed by atoms with Crippen LogP contribution >= 0.6 is 0 Å². The number of hydrogen-bond donors (Lipinski definition) is 3. The molecule has 222 valence electrons. The molecule has 1 aliphatic carbocycles. The van der Waals surface area contributed by atoms with E-state index in [4.69, 9.17) is 13.9 Å². The lowest BCUT2D eigenvalue weighted by Crippen LogP contribution is -2.41. The molecule has 0 fully saturated rings. The van der Waals surface area contributed by atoms with Gasteiger partial charge in [0.15, 0.2) is 0 Å². The van der Waals surface area contributed by atoms with Crippen molar-refractivity contribution in [2.24, 2.45) is 0 Å². The van der Waals surface area contributed by atoms with Crippen LogP contribution in [0.15, 0.2) is 82.0 Å². The van der Waals surface area contributed by atoms with E-state index in [1.807, 2.05) is 48.5 Å². The van der Waals surface area contributed by atoms with Gasteiger partial charge in [-0.2, -0.15) is 0 Å². The molecule has 3 N–H and O–H groups in total. The number of rotatable bonds is 12. The van der Waals surface area contributed by atoms with Crippen LogP contribution in [0.25, 0.3) is 22.1 Å². The highest BCUT2D eigenvalue weighted by Gasteiger charge is 2.29. The molecule has 1 aliphatic rings. The van der Waals surface area contributed by atoms with Gasteiger partial charge in [-0.05, 0) is 59.2 Å². The van der Waals surface area contributed by atoms with Crippen LogP contribution in [0, 0.1) is 0 Å². The molecule has 0 saturated carbocycles. The summed E-state index contributed by atoms with van der Waals surface area (Å²) in [4.78, 5) is 48.8. The Morgan fingerprint density at radius 3 is 2.33 bits per heavy atom. The molecule has 10 nitrogen and oxygen atoms in total. The molecule has 0 saturated heterocycles. The fraction of sp³-hybridized carbons (Fsp3) is 0.273. The van der Waals surface area contributed by atoms with Gasteiger partial charge in [0.25, 0.3) is 0 Å². The van der Waals surface area contributed by atoms with Crippen LogP contribution in [-0.4, -0.2) is 49.4 Å². The van der Waals surface area contributed by atoms with Crippen LogP contribution in [0.4, 0.5) is 4.79 Å². The zero-order valence-electron chi connectivity index (χ0n) is 23.6. The zero-order valence-corrected chi connectivity index (χ0v) is 23.6. The number of nitrogens with one attached hydrogen (secondary N) is 2. The van der Waals surface area contributed by atoms with E-state index in [9.17, 15) is 24.3 Å². The third kappa shape index (κ3) is 6.86. The first-order valence-corrected chi connectivity index (χ1v) is 14.1. The van der Waals surface area contributed by atoms with Gasteiger partial charge in [0, 0.05) is 30.0 Å². The SMILES string of the molecule is COc1ccc2c(CC(=O)NCCCCC(NC(=O)OCC3c4ccccc4-c4ccccc43)C(=O)O)cc(=O)oc2c1. The molecule has 1 aromatic heterocycles. The average molecular weight is 585 g/mol. The number of methoxy groups -OCH3 is 1. The van der Waals surface area contributed by atoms with Gasteiger partial charge in [0.1, 0.15) is 24.0 Å². The van der Waals surface area contributed by atoms with Gasteiger partial charge in [0.05, 0.1) is 13.5 Å². The number of alkyl carbamates (subject to hydrolysis) is 1. The quantitative estimate of drug-likeness (QED) is 0.162. The third-order valence-electron chi connectivity index (χ3n) is 7.56. The minimum absolute atomic E-state index is 0.0183. The van der Waals surface area contributed by atoms with Crippen molar-refractivity contribution in [3.63, 3.8) is 0 Å². The van der Waals surface area contributed by atoms with Crippen molar-refractivity contribution in [1.29, 1.82) is 0 Å². The number of carbonyl (C=O) groups is 3. The van der Waals surface area contributed by atoms with E-state index in [0.29, 0.717) is 41.7 Å². The smallest absolute Gasteiger partial charge is 0.407 e. The summed E-state index contributed by atoms with van der Waals surface area (Å²) in [6.07, 6.45) is 0.298. The minimum atomic E-state index is -1.16. The van der Waals surface area contributed by atoms with E-state index in [0.717, 1.165) is 22.3 Å². The van der Waals surface area contributed by atoms with Crippen molar-refractivity contribution < 1.29 is 33.4 Å². The predicted molar refractivity (Wildman–Crippen MR) is 159 cm³/mol. The number of amides is 2. The van der Waals surface area contributed by atoms with Crippen LogP contribution in [0.5, 0.6) is 5.75 Å². The number of carboxylic acid groups (broad SMARTS) is 1. The molecular weight excluding hydrogens is 552 g/mol. The molecule has 0 bridgehead atoms. The lowest BCUT2D eigenvalue weighted by molar-refractivity contribution is -0.139. The lowest BCUT2D eigenvalue weighted by atomic mass is 9.98. The van der Waals surface area contributed by atoms with Gasteiger partial charge in [-0.15, -0.1) is 0 Å². The van der Waals surface area contributed by atoms with E-state index in [1.54, 1.807) is 18.2 Å². The Bertz CT molecular complexity index is 1670. The van der Waals surface area contributed by atoms with Gasteiger partial charge in [-0.1, -0.05) is 48.5 Å². The summed E-state index contributed by atoms with van der Waals surface area (Å²) >= 11 is 0. The summed E-state index contributed by atoms with van der Waals surface area (Å²) in [5, 5.41) is 15.5. The van der Waals surface area contributed by atoms with Gasteiger partial charge in [-0.3, -0.25) is 4.79 Å². The lowest BCUT2D eigenvalue weighted by Gasteiger charge is -2.17. The van der Waals surface area contributed by atoms with Crippen molar-refractivity contribution in [3.05, 3.63) is 99.9 Å². The Labute approximate surface area is 247 Å². The van der Waals surface area contributed by atoms with E-state index in [1.165, 1.54) is 13.2 Å². The van der Waals surface area contributed by atoms with Crippen LogP contribution in [0.2, 0.25) is 0 Å². The van der Waals surface area contributed by atoms with Crippen molar-refractivity contribution >= 4 is 28.9 Å². The van der Waals surface area contributed by atoms with Crippen molar-refractivity contribution in [2.75, 3.05) is 20.3 Å². The fourth-order valence-electron chi connectivity index (χ4n) is 5.46. The molecular formula is C33H32N2O8. The predicted octanol–water partition coefficient (Wildman–Crippen LogP) is 4.62. The summed E-state index contributed by atoms with van der Waals surface area (Å²) < 4.78 is 15.9. The van der Waals surface area contributed by atoms with Gasteiger partial charge < -0.3 is 29.6 Å². The largest absolute Gasteiger partial charge is 0.497 e. The molecule has 4 aromatic rings. The van der Waals surface area contributed by atoms with Crippen LogP contribution in [0.3, 0.4) is 0 Å². The van der Waals surface area contributed by atoms with Crippen molar-refractivity contribution in [1.82, 2.24) is 10.6 Å². The third-order valence-corrected chi connectivity index (χ3v) is 7.56. The Balaban J connectivity index is 1.07. The summed E-state index contributed by atoms with van der Waals surface area (Å²) in [6.45, 7) is 0.397. The normalized spacial score (nSPS) is 12.7. The molecule has 5 rings (SSSR count). The van der Waals surface area contributed by atoms with E-state index in [-0.39, 0.29) is 31.3 Å². The topological polar surface area (TPSA) is 144 Å². The molecule has 43 heavy (non-hydrogen) atoms. The molecule has 1 atom stereocenters. The van der Waals surface area contributed by atoms with Gasteiger partial charge in [-0.25, -0.2) is 14.4 Å². The first-order valence-electron chi connectivity index (χ1n) is 14.1. The molecule has 0 spiro atoms. The first kappa shape index (κ1) is 29.4. The summed E-state index contributed by atoms with van der Waals surface area (Å²) in [6, 6.07) is 21.1. The first-order chi connectivity index (χ1) is 20.8. The molecule has 1 unspecified atom stereocenters. The Hall–Kier alpha value is -5.12. The number of unbranched alkanes of at least 4 members (excludes halogenated alkanes) is 1. The van der Waals surface area contributed by atoms with E-state index in [2.05, 4.69) is 10.6 Å². The van der Waals surface area contributed by atoms with E-state index >= 15 is 0 Å². The number of fused-ring (bicyclic) bond motifs is 4. The monoisotopic (exact) mass is 584 g/mol. The molecule has 0 aliphatic heterocycles. The van der Waals surface area contributed by atoms with Gasteiger partial charge in [0.2, 0.25) is 5.91 Å². The number of carbonyl (C=O) groups excluding carboxylic acids is 2. The summed E-state index contributed by atoms with van der Waals surface area (Å²) in [7, 11) is 1.51. The number of ether oxygens (including phenoxy) is 2. The van der Waals surface area contributed by atoms with Crippen LogP contribution < -0.4 is 21.0 Å². The summed E-state index contributed by atoms with van der Waals surface area (Å²) in [5.74, 6) is -1.04. The maximum atomic E-state index is 12.6. The molecule has 1 heterocycles. The van der Waals surface area contributed by atoms with Gasteiger partial charge >= 0.3 is 17.7 Å². The zero-order chi connectivity index (χ0) is 30.3. The maximum absolute atomic E-state index is 12.6. The van der Waals surface area contributed by atoms with E-state index < -0.39 is 23.7 Å². The Morgan fingerprint density at radius 1 is 0.953 bits per heavy atom. The number of hydrogen-bond acceptors (Lipinski definition) is 7. The van der Waals surface area contributed by atoms with Crippen molar-refractivity contribution in [3.8, 4) is 16.9 Å². The summed E-state index contributed by atoms with van der Waals surface area (Å²) in [5.41, 5.74) is 4.64. The molecule has 0 radical (unpaired) electrons.